The van der Waals surface area contributed by atoms with E-state index in [4.69, 9.17) is 37.0 Å². The van der Waals surface area contributed by atoms with Crippen LogP contribution in [0.4, 0.5) is 0 Å². The molecule has 0 saturated heterocycles. The Hall–Kier alpha value is -1.94. The van der Waals surface area contributed by atoms with Gasteiger partial charge >= 0.3 is 39.5 Å². The largest absolute Gasteiger partial charge is 0.472 e. The van der Waals surface area contributed by atoms with Crippen LogP contribution >= 0.6 is 15.6 Å². The van der Waals surface area contributed by atoms with Crippen LogP contribution in [0, 0.1) is 17.8 Å². The van der Waals surface area contributed by atoms with Gasteiger partial charge in [0.15, 0.2) is 12.2 Å². The quantitative estimate of drug-likeness (QED) is 0.0222. The number of hydrogen-bond acceptors (Lipinski definition) is 15. The van der Waals surface area contributed by atoms with Gasteiger partial charge in [0.25, 0.3) is 0 Å². The van der Waals surface area contributed by atoms with E-state index in [9.17, 15) is 43.2 Å². The third kappa shape index (κ3) is 71.1. The number of aliphatic hydroxyl groups excluding tert-OH is 1. The van der Waals surface area contributed by atoms with Crippen molar-refractivity contribution in [2.75, 3.05) is 39.6 Å². The van der Waals surface area contributed by atoms with Crippen LogP contribution in [0.25, 0.3) is 0 Å². The molecule has 3 N–H and O–H groups in total. The highest BCUT2D eigenvalue weighted by atomic mass is 31.2. The molecule has 582 valence electrons. The molecule has 0 heterocycles. The average Bonchev–Trinajstić information content (AvgIpc) is 3.71. The van der Waals surface area contributed by atoms with Gasteiger partial charge in [-0.15, -0.1) is 0 Å². The predicted molar refractivity (Wildman–Crippen MR) is 400 cm³/mol. The summed E-state index contributed by atoms with van der Waals surface area (Å²) in [5.41, 5.74) is 0. The fourth-order valence-electron chi connectivity index (χ4n) is 12.1. The monoisotopic (exact) mass is 1440 g/mol. The van der Waals surface area contributed by atoms with Crippen molar-refractivity contribution in [2.45, 2.75) is 426 Å². The predicted octanol–water partition coefficient (Wildman–Crippen LogP) is 23.4. The normalized spacial score (nSPS) is 14.3. The molecule has 0 spiro atoms. The van der Waals surface area contributed by atoms with Gasteiger partial charge in [0, 0.05) is 25.7 Å². The second-order valence-corrected chi connectivity index (χ2v) is 32.6. The van der Waals surface area contributed by atoms with Crippen molar-refractivity contribution in [1.82, 2.24) is 0 Å². The molecule has 0 aromatic rings. The minimum absolute atomic E-state index is 0.106. The van der Waals surface area contributed by atoms with Crippen molar-refractivity contribution in [2.24, 2.45) is 17.8 Å². The summed E-state index contributed by atoms with van der Waals surface area (Å²) in [7, 11) is -9.92. The molecule has 0 aromatic heterocycles. The SMILES string of the molecule is CCCCCCCCCCCCCCCCCCC(=O)OC[C@H](COP(=O)(O)OC[C@@H](O)COP(=O)(O)OC[C@@H](COC(=O)CCCCCCCCCCCC(C)C)OC(=O)CCCCCCCCCCCCC(C)CC)OC(=O)CCCCCCCCCCCCCCCC(C)C. The van der Waals surface area contributed by atoms with E-state index in [1.54, 1.807) is 0 Å². The standard InChI is InChI=1S/C79H154O17P2/c1-8-10-11-12-13-14-15-16-17-18-21-24-32-39-46-53-60-76(81)89-66-74(95-78(83)62-55-48-41-33-25-22-19-20-23-29-36-43-50-57-70(3)4)68-93-97(85,86)91-64-73(80)65-92-98(87,88)94-69-75(67-90-77(82)61-54-47-40-35-28-30-37-44-51-58-71(5)6)96-79(84)63-56-49-42-34-27-26-31-38-45-52-59-72(7)9-2/h70-75,80H,8-69H2,1-7H3,(H,85,86)(H,87,88)/t72?,73-,74-,75-/m1/s1. The van der Waals surface area contributed by atoms with E-state index in [-0.39, 0.29) is 25.7 Å². The number of carbonyl (C=O) groups excluding carboxylic acids is 4. The maximum Gasteiger partial charge on any atom is 0.472 e. The second kappa shape index (κ2) is 69.4. The first-order valence-electron chi connectivity index (χ1n) is 40.9. The number of ether oxygens (including phenoxy) is 4. The van der Waals surface area contributed by atoms with E-state index in [1.807, 2.05) is 0 Å². The van der Waals surface area contributed by atoms with E-state index >= 15 is 0 Å². The van der Waals surface area contributed by atoms with Gasteiger partial charge in [0.05, 0.1) is 26.4 Å². The zero-order chi connectivity index (χ0) is 72.3. The number of phosphoric acid groups is 2. The van der Waals surface area contributed by atoms with E-state index in [0.29, 0.717) is 25.7 Å². The summed E-state index contributed by atoms with van der Waals surface area (Å²) in [6, 6.07) is 0. The summed E-state index contributed by atoms with van der Waals surface area (Å²) in [6.07, 6.45) is 56.7. The van der Waals surface area contributed by atoms with Gasteiger partial charge in [-0.3, -0.25) is 37.3 Å². The van der Waals surface area contributed by atoms with Gasteiger partial charge in [-0.25, -0.2) is 9.13 Å². The zero-order valence-corrected chi connectivity index (χ0v) is 66.0. The number of aliphatic hydroxyl groups is 1. The topological polar surface area (TPSA) is 237 Å². The van der Waals surface area contributed by atoms with E-state index < -0.39 is 97.5 Å². The van der Waals surface area contributed by atoms with Crippen LogP contribution in [0.1, 0.15) is 408 Å². The summed E-state index contributed by atoms with van der Waals surface area (Å²) < 4.78 is 68.7. The average molecular weight is 1440 g/mol. The zero-order valence-electron chi connectivity index (χ0n) is 64.3. The molecule has 0 aliphatic carbocycles. The molecule has 3 unspecified atom stereocenters. The molecule has 0 aromatic carbocycles. The fourth-order valence-corrected chi connectivity index (χ4v) is 13.7. The lowest BCUT2D eigenvalue weighted by Gasteiger charge is -2.21. The van der Waals surface area contributed by atoms with Crippen molar-refractivity contribution in [3.63, 3.8) is 0 Å². The van der Waals surface area contributed by atoms with Crippen LogP contribution in [0.3, 0.4) is 0 Å². The molecule has 0 rings (SSSR count). The number of unbranched alkanes of at least 4 members (excludes halogenated alkanes) is 44. The van der Waals surface area contributed by atoms with Gasteiger partial charge in [-0.05, 0) is 43.4 Å². The highest BCUT2D eigenvalue weighted by Crippen LogP contribution is 2.45. The Balaban J connectivity index is 5.27. The van der Waals surface area contributed by atoms with E-state index in [2.05, 4.69) is 48.5 Å². The molecule has 0 aliphatic heterocycles. The third-order valence-electron chi connectivity index (χ3n) is 18.7. The minimum atomic E-state index is -4.96. The number of rotatable bonds is 77. The molecule has 0 saturated carbocycles. The van der Waals surface area contributed by atoms with Crippen molar-refractivity contribution in [1.29, 1.82) is 0 Å². The maximum atomic E-state index is 13.1. The molecule has 98 heavy (non-hydrogen) atoms. The second-order valence-electron chi connectivity index (χ2n) is 29.6. The molecule has 0 radical (unpaired) electrons. The summed E-state index contributed by atoms with van der Waals surface area (Å²) >= 11 is 0. The lowest BCUT2D eigenvalue weighted by Crippen LogP contribution is -2.30. The van der Waals surface area contributed by atoms with Crippen LogP contribution in [0.5, 0.6) is 0 Å². The first-order valence-corrected chi connectivity index (χ1v) is 43.9. The Bertz CT molecular complexity index is 1910. The third-order valence-corrected chi connectivity index (χ3v) is 20.6. The Kier molecular flexibility index (Phi) is 68.1. The van der Waals surface area contributed by atoms with Gasteiger partial charge in [-0.2, -0.15) is 0 Å². The molecule has 6 atom stereocenters. The molecule has 0 bridgehead atoms. The summed E-state index contributed by atoms with van der Waals surface area (Å²) in [5, 5.41) is 10.6. The Morgan fingerprint density at radius 3 is 0.776 bits per heavy atom. The molecule has 17 nitrogen and oxygen atoms in total. The van der Waals surface area contributed by atoms with E-state index in [1.165, 1.54) is 218 Å². The molecule has 0 amide bonds. The molecular formula is C79H154O17P2. The van der Waals surface area contributed by atoms with Crippen molar-refractivity contribution in [3.8, 4) is 0 Å². The van der Waals surface area contributed by atoms with Crippen LogP contribution in [-0.2, 0) is 65.4 Å². The number of phosphoric ester groups is 2. The number of esters is 4. The van der Waals surface area contributed by atoms with Crippen molar-refractivity contribution >= 4 is 39.5 Å². The first kappa shape index (κ1) is 96.1. The smallest absolute Gasteiger partial charge is 0.462 e. The van der Waals surface area contributed by atoms with Crippen LogP contribution in [0.2, 0.25) is 0 Å². The van der Waals surface area contributed by atoms with Gasteiger partial charge in [-0.1, -0.05) is 357 Å². The van der Waals surface area contributed by atoms with Gasteiger partial charge in [0.2, 0.25) is 0 Å². The molecule has 0 aliphatic rings. The summed E-state index contributed by atoms with van der Waals surface area (Å²) in [6.45, 7) is 12.0. The number of carbonyl (C=O) groups is 4. The van der Waals surface area contributed by atoms with Crippen molar-refractivity contribution < 1.29 is 80.2 Å². The Morgan fingerprint density at radius 1 is 0.296 bits per heavy atom. The van der Waals surface area contributed by atoms with Gasteiger partial charge in [0.1, 0.15) is 19.3 Å². The fraction of sp³-hybridized carbons (Fsp3) is 0.949. The lowest BCUT2D eigenvalue weighted by atomic mass is 9.99. The van der Waals surface area contributed by atoms with Crippen LogP contribution in [0.15, 0.2) is 0 Å². The minimum Gasteiger partial charge on any atom is -0.462 e. The maximum absolute atomic E-state index is 13.1. The highest BCUT2D eigenvalue weighted by Gasteiger charge is 2.30. The highest BCUT2D eigenvalue weighted by molar-refractivity contribution is 7.47. The van der Waals surface area contributed by atoms with Crippen LogP contribution < -0.4 is 0 Å². The summed E-state index contributed by atoms with van der Waals surface area (Å²) in [5.74, 6) is 0.221. The molecule has 0 fully saturated rings. The van der Waals surface area contributed by atoms with E-state index in [0.717, 1.165) is 108 Å². The number of hydrogen-bond donors (Lipinski definition) is 3. The molecular weight excluding hydrogens is 1280 g/mol. The Labute approximate surface area is 600 Å². The van der Waals surface area contributed by atoms with Crippen LogP contribution in [-0.4, -0.2) is 96.7 Å². The van der Waals surface area contributed by atoms with Gasteiger partial charge < -0.3 is 33.8 Å². The first-order chi connectivity index (χ1) is 47.3. The lowest BCUT2D eigenvalue weighted by molar-refractivity contribution is -0.161. The molecule has 19 heteroatoms. The Morgan fingerprint density at radius 2 is 0.520 bits per heavy atom. The van der Waals surface area contributed by atoms with Crippen molar-refractivity contribution in [3.05, 3.63) is 0 Å². The summed E-state index contributed by atoms with van der Waals surface area (Å²) in [4.78, 5) is 73.0.